The minimum Gasteiger partial charge on any atom is -0.444 e. The largest absolute Gasteiger partial charge is 0.444 e. The molecule has 166 valence electrons. The Balaban J connectivity index is 1.74. The van der Waals surface area contributed by atoms with E-state index in [0.29, 0.717) is 37.1 Å². The van der Waals surface area contributed by atoms with Crippen molar-refractivity contribution in [3.05, 3.63) is 52.5 Å². The first-order valence-corrected chi connectivity index (χ1v) is 10.2. The fourth-order valence-corrected chi connectivity index (χ4v) is 3.25. The third-order valence-corrected chi connectivity index (χ3v) is 4.81. The molecule has 0 aliphatic carbocycles. The first-order chi connectivity index (χ1) is 14.5. The molecule has 2 aromatic rings. The summed E-state index contributed by atoms with van der Waals surface area (Å²) in [6.07, 6.45) is 2.62. The van der Waals surface area contributed by atoms with Crippen molar-refractivity contribution in [1.29, 1.82) is 0 Å². The SMILES string of the molecule is CN(C)C=CC(=O)c1cc2ccc(N3CCN(C(=O)OC(C)(C)C)CC3)cc2oc1=O. The first kappa shape index (κ1) is 22.4. The zero-order valence-electron chi connectivity index (χ0n) is 18.7. The van der Waals surface area contributed by atoms with Crippen molar-refractivity contribution >= 4 is 28.5 Å². The summed E-state index contributed by atoms with van der Waals surface area (Å²) in [5.74, 6) is -0.397. The topological polar surface area (TPSA) is 83.3 Å². The summed E-state index contributed by atoms with van der Waals surface area (Å²) in [5, 5.41) is 0.678. The van der Waals surface area contributed by atoms with Crippen molar-refractivity contribution in [2.24, 2.45) is 0 Å². The molecule has 0 unspecified atom stereocenters. The Hall–Kier alpha value is -3.29. The van der Waals surface area contributed by atoms with E-state index in [1.807, 2.05) is 32.9 Å². The highest BCUT2D eigenvalue weighted by Gasteiger charge is 2.26. The number of amides is 1. The minimum atomic E-state index is -0.659. The number of rotatable bonds is 4. The van der Waals surface area contributed by atoms with Gasteiger partial charge in [-0.1, -0.05) is 0 Å². The molecule has 1 saturated heterocycles. The number of ether oxygens (including phenoxy) is 1. The van der Waals surface area contributed by atoms with Gasteiger partial charge in [0, 0.05) is 69.7 Å². The highest BCUT2D eigenvalue weighted by molar-refractivity contribution is 6.05. The molecule has 1 aliphatic heterocycles. The number of allylic oxidation sites excluding steroid dienone is 1. The number of piperazine rings is 1. The predicted octanol–water partition coefficient (Wildman–Crippen LogP) is 3.11. The van der Waals surface area contributed by atoms with Crippen molar-refractivity contribution in [1.82, 2.24) is 9.80 Å². The van der Waals surface area contributed by atoms with E-state index in [2.05, 4.69) is 4.90 Å². The van der Waals surface area contributed by atoms with Crippen LogP contribution in [-0.2, 0) is 4.74 Å². The molecule has 31 heavy (non-hydrogen) atoms. The van der Waals surface area contributed by atoms with Crippen LogP contribution in [0.4, 0.5) is 10.5 Å². The third kappa shape index (κ3) is 5.65. The molecule has 0 saturated carbocycles. The number of carbonyl (C=O) groups excluding carboxylic acids is 2. The zero-order valence-corrected chi connectivity index (χ0v) is 18.7. The van der Waals surface area contributed by atoms with Gasteiger partial charge in [0.15, 0.2) is 5.78 Å². The van der Waals surface area contributed by atoms with Gasteiger partial charge < -0.3 is 23.9 Å². The maximum Gasteiger partial charge on any atom is 0.410 e. The molecule has 8 nitrogen and oxygen atoms in total. The molecule has 0 atom stereocenters. The molecule has 1 aliphatic rings. The number of anilines is 1. The molecule has 0 N–H and O–H groups in total. The summed E-state index contributed by atoms with van der Waals surface area (Å²) < 4.78 is 10.9. The van der Waals surface area contributed by atoms with E-state index in [0.717, 1.165) is 5.69 Å². The molecular formula is C23H29N3O5. The quantitative estimate of drug-likeness (QED) is 0.421. The Morgan fingerprint density at radius 3 is 2.39 bits per heavy atom. The fourth-order valence-electron chi connectivity index (χ4n) is 3.25. The van der Waals surface area contributed by atoms with Crippen LogP contribution >= 0.6 is 0 Å². The standard InChI is InChI=1S/C23H29N3O5/c1-23(2,3)31-22(29)26-12-10-25(11-13-26)17-7-6-16-14-18(19(27)8-9-24(4)5)21(28)30-20(16)15-17/h6-9,14-15H,10-13H2,1-5H3. The number of carbonyl (C=O) groups is 2. The smallest absolute Gasteiger partial charge is 0.410 e. The lowest BCUT2D eigenvalue weighted by atomic mass is 10.1. The van der Waals surface area contributed by atoms with Gasteiger partial charge in [0.2, 0.25) is 0 Å². The van der Waals surface area contributed by atoms with Crippen molar-refractivity contribution in [3.63, 3.8) is 0 Å². The summed E-state index contributed by atoms with van der Waals surface area (Å²) in [4.78, 5) is 42.4. The van der Waals surface area contributed by atoms with E-state index in [-0.39, 0.29) is 11.7 Å². The molecule has 1 fully saturated rings. The van der Waals surface area contributed by atoms with Gasteiger partial charge in [-0.05, 0) is 39.0 Å². The second kappa shape index (κ2) is 8.83. The van der Waals surface area contributed by atoms with Crippen LogP contribution in [0, 0.1) is 0 Å². The monoisotopic (exact) mass is 427 g/mol. The lowest BCUT2D eigenvalue weighted by Gasteiger charge is -2.36. The maximum absolute atomic E-state index is 12.3. The normalized spacial score (nSPS) is 14.9. The average molecular weight is 428 g/mol. The molecule has 0 bridgehead atoms. The van der Waals surface area contributed by atoms with Crippen LogP contribution in [0.1, 0.15) is 31.1 Å². The van der Waals surface area contributed by atoms with Crippen LogP contribution in [0.3, 0.4) is 0 Å². The lowest BCUT2D eigenvalue weighted by Crippen LogP contribution is -2.50. The van der Waals surface area contributed by atoms with E-state index in [9.17, 15) is 14.4 Å². The van der Waals surface area contributed by atoms with Gasteiger partial charge in [-0.2, -0.15) is 0 Å². The number of nitrogens with zero attached hydrogens (tertiary/aromatic N) is 3. The summed E-state index contributed by atoms with van der Waals surface area (Å²) in [6, 6.07) is 7.12. The van der Waals surface area contributed by atoms with Crippen molar-refractivity contribution in [3.8, 4) is 0 Å². The maximum atomic E-state index is 12.3. The van der Waals surface area contributed by atoms with Crippen LogP contribution < -0.4 is 10.5 Å². The van der Waals surface area contributed by atoms with E-state index >= 15 is 0 Å². The van der Waals surface area contributed by atoms with E-state index < -0.39 is 17.0 Å². The first-order valence-electron chi connectivity index (χ1n) is 10.2. The number of hydrogen-bond donors (Lipinski definition) is 0. The molecule has 0 radical (unpaired) electrons. The average Bonchev–Trinajstić information content (AvgIpc) is 2.70. The minimum absolute atomic E-state index is 0.00400. The van der Waals surface area contributed by atoms with Crippen LogP contribution in [0.2, 0.25) is 0 Å². The highest BCUT2D eigenvalue weighted by Crippen LogP contribution is 2.24. The van der Waals surface area contributed by atoms with Gasteiger partial charge in [0.25, 0.3) is 0 Å². The van der Waals surface area contributed by atoms with Crippen molar-refractivity contribution in [2.45, 2.75) is 26.4 Å². The Labute approximate surface area is 181 Å². The van der Waals surface area contributed by atoms with Crippen LogP contribution in [0.5, 0.6) is 0 Å². The third-order valence-electron chi connectivity index (χ3n) is 4.81. The second-order valence-electron chi connectivity index (χ2n) is 8.77. The summed E-state index contributed by atoms with van der Waals surface area (Å²) in [5.41, 5.74) is 0.139. The van der Waals surface area contributed by atoms with E-state index in [1.54, 1.807) is 42.2 Å². The highest BCUT2D eigenvalue weighted by atomic mass is 16.6. The van der Waals surface area contributed by atoms with E-state index in [4.69, 9.17) is 9.15 Å². The molecule has 1 amide bonds. The molecule has 8 heteroatoms. The van der Waals surface area contributed by atoms with Crippen LogP contribution in [0.25, 0.3) is 11.0 Å². The van der Waals surface area contributed by atoms with Crippen LogP contribution in [-0.4, -0.2) is 67.6 Å². The lowest BCUT2D eigenvalue weighted by molar-refractivity contribution is 0.0240. The molecule has 1 aromatic heterocycles. The number of hydrogen-bond acceptors (Lipinski definition) is 7. The van der Waals surface area contributed by atoms with Gasteiger partial charge in [0.1, 0.15) is 16.7 Å². The van der Waals surface area contributed by atoms with E-state index in [1.165, 1.54) is 6.08 Å². The second-order valence-corrected chi connectivity index (χ2v) is 8.77. The Bertz CT molecular complexity index is 1060. The Morgan fingerprint density at radius 1 is 1.10 bits per heavy atom. The number of ketones is 1. The van der Waals surface area contributed by atoms with Crippen molar-refractivity contribution in [2.75, 3.05) is 45.2 Å². The molecule has 1 aromatic carbocycles. The summed E-state index contributed by atoms with van der Waals surface area (Å²) >= 11 is 0. The Morgan fingerprint density at radius 2 is 1.77 bits per heavy atom. The fraction of sp³-hybridized carbons (Fsp3) is 0.435. The Kier molecular flexibility index (Phi) is 6.38. The van der Waals surface area contributed by atoms with Crippen molar-refractivity contribution < 1.29 is 18.7 Å². The molecule has 2 heterocycles. The summed E-state index contributed by atoms with van der Waals surface area (Å²) in [6.45, 7) is 7.91. The predicted molar refractivity (Wildman–Crippen MR) is 120 cm³/mol. The number of benzene rings is 1. The van der Waals surface area contributed by atoms with Gasteiger partial charge >= 0.3 is 11.7 Å². The van der Waals surface area contributed by atoms with Gasteiger partial charge in [-0.15, -0.1) is 0 Å². The number of fused-ring (bicyclic) bond motifs is 1. The van der Waals surface area contributed by atoms with Gasteiger partial charge in [0.05, 0.1) is 0 Å². The zero-order chi connectivity index (χ0) is 22.8. The molecule has 0 spiro atoms. The molecule has 3 rings (SSSR count). The van der Waals surface area contributed by atoms with Crippen LogP contribution in [0.15, 0.2) is 45.8 Å². The molecular weight excluding hydrogens is 398 g/mol. The van der Waals surface area contributed by atoms with Gasteiger partial charge in [-0.3, -0.25) is 4.79 Å². The van der Waals surface area contributed by atoms with Gasteiger partial charge in [-0.25, -0.2) is 9.59 Å². The summed E-state index contributed by atoms with van der Waals surface area (Å²) in [7, 11) is 3.59.